The highest BCUT2D eigenvalue weighted by Crippen LogP contribution is 2.33. The summed E-state index contributed by atoms with van der Waals surface area (Å²) in [7, 11) is 2.17. The molecule has 1 saturated heterocycles. The largest absolute Gasteiger partial charge is 0.422 e. The molecular formula is C27H31N3O2. The van der Waals surface area contributed by atoms with Crippen molar-refractivity contribution in [2.24, 2.45) is 5.92 Å². The van der Waals surface area contributed by atoms with Crippen molar-refractivity contribution in [3.05, 3.63) is 82.1 Å². The molecule has 0 radical (unpaired) electrons. The maximum Gasteiger partial charge on any atom is 0.343 e. The molecule has 3 aliphatic heterocycles. The number of rotatable bonds is 2. The molecule has 0 aliphatic carbocycles. The predicted molar refractivity (Wildman–Crippen MR) is 131 cm³/mol. The second-order valence-electron chi connectivity index (χ2n) is 9.28. The minimum absolute atomic E-state index is 0.226. The summed E-state index contributed by atoms with van der Waals surface area (Å²) in [6.45, 7) is 8.43. The summed E-state index contributed by atoms with van der Waals surface area (Å²) in [5.74, 6) is 0.226. The zero-order valence-electron chi connectivity index (χ0n) is 19.2. The SMILES string of the molecule is CC1=CN2C=C(c3cc4ccc(N5CCCN(C)CC5)cc4oc3=O)C(C)CC=C2C=C1. The lowest BCUT2D eigenvalue weighted by Crippen LogP contribution is -2.28. The molecule has 0 N–H and O–H groups in total. The highest BCUT2D eigenvalue weighted by molar-refractivity contribution is 5.84. The van der Waals surface area contributed by atoms with Crippen LogP contribution in [0.5, 0.6) is 0 Å². The van der Waals surface area contributed by atoms with Gasteiger partial charge in [0, 0.05) is 54.9 Å². The number of hydrogen-bond donors (Lipinski definition) is 0. The second kappa shape index (κ2) is 8.47. The van der Waals surface area contributed by atoms with E-state index in [9.17, 15) is 4.79 Å². The van der Waals surface area contributed by atoms with Gasteiger partial charge in [0.05, 0.1) is 5.56 Å². The first kappa shape index (κ1) is 20.8. The molecule has 0 saturated carbocycles. The molecule has 5 rings (SSSR count). The van der Waals surface area contributed by atoms with Crippen molar-refractivity contribution >= 4 is 22.2 Å². The van der Waals surface area contributed by atoms with E-state index >= 15 is 0 Å². The van der Waals surface area contributed by atoms with E-state index in [-0.39, 0.29) is 11.5 Å². The van der Waals surface area contributed by atoms with Gasteiger partial charge in [-0.15, -0.1) is 0 Å². The van der Waals surface area contributed by atoms with Gasteiger partial charge < -0.3 is 19.1 Å². The van der Waals surface area contributed by atoms with Crippen LogP contribution in [0.3, 0.4) is 0 Å². The van der Waals surface area contributed by atoms with Gasteiger partial charge in [-0.05, 0) is 74.7 Å². The lowest BCUT2D eigenvalue weighted by Gasteiger charge is -2.23. The number of nitrogens with zero attached hydrogens (tertiary/aromatic N) is 3. The predicted octanol–water partition coefficient (Wildman–Crippen LogP) is 4.98. The van der Waals surface area contributed by atoms with Crippen LogP contribution in [0.4, 0.5) is 5.69 Å². The normalized spacial score (nSPS) is 22.1. The molecule has 0 spiro atoms. The van der Waals surface area contributed by atoms with E-state index in [0.29, 0.717) is 11.1 Å². The Morgan fingerprint density at radius 3 is 2.78 bits per heavy atom. The van der Waals surface area contributed by atoms with Crippen LogP contribution >= 0.6 is 0 Å². The average molecular weight is 430 g/mol. The lowest BCUT2D eigenvalue weighted by molar-refractivity contribution is 0.360. The molecule has 5 heteroatoms. The van der Waals surface area contributed by atoms with Crippen LogP contribution in [0.25, 0.3) is 16.5 Å². The molecule has 0 amide bonds. The fourth-order valence-corrected chi connectivity index (χ4v) is 4.76. The number of anilines is 1. The van der Waals surface area contributed by atoms with Gasteiger partial charge in [-0.25, -0.2) is 4.79 Å². The van der Waals surface area contributed by atoms with E-state index in [1.807, 2.05) is 12.1 Å². The Kier molecular flexibility index (Phi) is 5.51. The van der Waals surface area contributed by atoms with E-state index in [0.717, 1.165) is 61.4 Å². The van der Waals surface area contributed by atoms with Gasteiger partial charge >= 0.3 is 5.63 Å². The zero-order valence-corrected chi connectivity index (χ0v) is 19.2. The third-order valence-electron chi connectivity index (χ3n) is 6.76. The molecular weight excluding hydrogens is 398 g/mol. The number of hydrogen-bond acceptors (Lipinski definition) is 5. The quantitative estimate of drug-likeness (QED) is 0.630. The van der Waals surface area contributed by atoms with Crippen molar-refractivity contribution in [1.82, 2.24) is 9.80 Å². The van der Waals surface area contributed by atoms with Gasteiger partial charge in [0.2, 0.25) is 0 Å². The van der Waals surface area contributed by atoms with Crippen LogP contribution < -0.4 is 10.5 Å². The van der Waals surface area contributed by atoms with Crippen LogP contribution in [-0.2, 0) is 0 Å². The van der Waals surface area contributed by atoms with E-state index in [4.69, 9.17) is 4.42 Å². The Labute approximate surface area is 189 Å². The second-order valence-corrected chi connectivity index (χ2v) is 9.28. The maximum absolute atomic E-state index is 13.1. The van der Waals surface area contributed by atoms with Gasteiger partial charge in [-0.3, -0.25) is 0 Å². The molecule has 1 aromatic carbocycles. The van der Waals surface area contributed by atoms with Crippen LogP contribution in [0.1, 0.15) is 32.3 Å². The first-order valence-corrected chi connectivity index (χ1v) is 11.6. The molecule has 1 atom stereocenters. The third-order valence-corrected chi connectivity index (χ3v) is 6.76. The summed E-state index contributed by atoms with van der Waals surface area (Å²) in [4.78, 5) is 20.0. The Morgan fingerprint density at radius 1 is 1.03 bits per heavy atom. The summed E-state index contributed by atoms with van der Waals surface area (Å²) in [5.41, 5.74) is 5.53. The third kappa shape index (κ3) is 4.05. The molecule has 1 aromatic heterocycles. The molecule has 2 aromatic rings. The van der Waals surface area contributed by atoms with Crippen molar-refractivity contribution in [3.63, 3.8) is 0 Å². The highest BCUT2D eigenvalue weighted by Gasteiger charge is 2.22. The van der Waals surface area contributed by atoms with E-state index in [2.05, 4.69) is 78.4 Å². The van der Waals surface area contributed by atoms with Crippen molar-refractivity contribution in [3.8, 4) is 0 Å². The monoisotopic (exact) mass is 429 g/mol. The van der Waals surface area contributed by atoms with Crippen molar-refractivity contribution in [1.29, 1.82) is 0 Å². The first-order chi connectivity index (χ1) is 15.5. The van der Waals surface area contributed by atoms with E-state index in [1.54, 1.807) is 0 Å². The molecule has 3 aliphatic rings. The van der Waals surface area contributed by atoms with Gasteiger partial charge in [0.25, 0.3) is 0 Å². The van der Waals surface area contributed by atoms with E-state index in [1.165, 1.54) is 5.57 Å². The van der Waals surface area contributed by atoms with Crippen LogP contribution in [0.15, 0.2) is 75.4 Å². The minimum Gasteiger partial charge on any atom is -0.422 e. The number of benzene rings is 1. The molecule has 1 fully saturated rings. The van der Waals surface area contributed by atoms with Gasteiger partial charge in [-0.2, -0.15) is 0 Å². The first-order valence-electron chi connectivity index (χ1n) is 11.6. The maximum atomic E-state index is 13.1. The molecule has 166 valence electrons. The van der Waals surface area contributed by atoms with Crippen LogP contribution in [0.2, 0.25) is 0 Å². The number of allylic oxidation sites excluding steroid dienone is 5. The number of fused-ring (bicyclic) bond motifs is 2. The Bertz CT molecular complexity index is 1220. The fourth-order valence-electron chi connectivity index (χ4n) is 4.76. The molecule has 5 nitrogen and oxygen atoms in total. The summed E-state index contributed by atoms with van der Waals surface area (Å²) < 4.78 is 5.88. The smallest absolute Gasteiger partial charge is 0.343 e. The van der Waals surface area contributed by atoms with Gasteiger partial charge in [-0.1, -0.05) is 19.1 Å². The van der Waals surface area contributed by atoms with Crippen LogP contribution in [0, 0.1) is 5.92 Å². The van der Waals surface area contributed by atoms with Crippen molar-refractivity contribution in [2.45, 2.75) is 26.7 Å². The highest BCUT2D eigenvalue weighted by atomic mass is 16.4. The zero-order chi connectivity index (χ0) is 22.2. The summed E-state index contributed by atoms with van der Waals surface area (Å²) >= 11 is 0. The molecule has 32 heavy (non-hydrogen) atoms. The van der Waals surface area contributed by atoms with Crippen molar-refractivity contribution in [2.75, 3.05) is 38.1 Å². The molecule has 4 heterocycles. The topological polar surface area (TPSA) is 39.9 Å². The summed E-state index contributed by atoms with van der Waals surface area (Å²) in [5, 5.41) is 0.964. The van der Waals surface area contributed by atoms with Gasteiger partial charge in [0.1, 0.15) is 5.58 Å². The summed E-state index contributed by atoms with van der Waals surface area (Å²) in [6, 6.07) is 8.28. The lowest BCUT2D eigenvalue weighted by atomic mass is 9.93. The number of likely N-dealkylation sites (N-methyl/N-ethyl adjacent to an activating group) is 1. The summed E-state index contributed by atoms with van der Waals surface area (Å²) in [6.07, 6.45) is 12.7. The fraction of sp³-hybridized carbons (Fsp3) is 0.370. The molecule has 1 unspecified atom stereocenters. The minimum atomic E-state index is -0.264. The Morgan fingerprint density at radius 2 is 1.91 bits per heavy atom. The Hall–Kier alpha value is -3.05. The van der Waals surface area contributed by atoms with Crippen molar-refractivity contribution < 1.29 is 4.42 Å². The standard InChI is InChI=1S/C27H31N3O2/c1-19-5-8-22-9-6-20(2)25(18-30(22)17-19)24-15-21-7-10-23(16-26(21)32-27(24)31)29-12-4-11-28(3)13-14-29/h5,7-10,15-18,20H,4,6,11-14H2,1-3H3. The van der Waals surface area contributed by atoms with Crippen LogP contribution in [-0.4, -0.2) is 43.0 Å². The Balaban J connectivity index is 1.51. The van der Waals surface area contributed by atoms with Gasteiger partial charge in [0.15, 0.2) is 0 Å². The average Bonchev–Trinajstić information content (AvgIpc) is 3.09. The van der Waals surface area contributed by atoms with E-state index < -0.39 is 0 Å². The molecule has 0 bridgehead atoms.